The molecule has 0 spiro atoms. The second-order valence-corrected chi connectivity index (χ2v) is 7.49. The van der Waals surface area contributed by atoms with E-state index in [-0.39, 0.29) is 17.7 Å². The van der Waals surface area contributed by atoms with E-state index in [1.165, 1.54) is 6.92 Å². The third kappa shape index (κ3) is 4.53. The second-order valence-electron chi connectivity index (χ2n) is 4.34. The van der Waals surface area contributed by atoms with Crippen molar-refractivity contribution < 1.29 is 30.1 Å². The summed E-state index contributed by atoms with van der Waals surface area (Å²) in [6, 6.07) is 0. The van der Waals surface area contributed by atoms with Gasteiger partial charge in [-0.1, -0.05) is 6.92 Å². The Labute approximate surface area is 127 Å². The molecule has 1 aromatic heterocycles. The van der Waals surface area contributed by atoms with Crippen LogP contribution in [0.3, 0.4) is 0 Å². The van der Waals surface area contributed by atoms with Crippen LogP contribution in [0.2, 0.25) is 0 Å². The molecule has 0 aliphatic rings. The van der Waals surface area contributed by atoms with Gasteiger partial charge in [-0.05, 0) is 13.3 Å². The van der Waals surface area contributed by atoms with E-state index in [2.05, 4.69) is 13.4 Å². The summed E-state index contributed by atoms with van der Waals surface area (Å²) in [5, 5.41) is 11.2. The molecule has 0 N–H and O–H groups in total. The summed E-state index contributed by atoms with van der Waals surface area (Å²) in [6.07, 6.45) is 1.57. The van der Waals surface area contributed by atoms with E-state index in [9.17, 15) is 26.9 Å². The number of nitrogens with zero attached hydrogens (tertiary/aromatic N) is 2. The first-order valence-corrected chi connectivity index (χ1v) is 9.45. The molecular formula is C10H14N2O8S2. The molecule has 0 bridgehead atoms. The largest absolute Gasteiger partial charge is 0.375 e. The summed E-state index contributed by atoms with van der Waals surface area (Å²) in [5.41, 5.74) is -0.637. The molecule has 124 valence electrons. The van der Waals surface area contributed by atoms with Crippen molar-refractivity contribution in [3.05, 3.63) is 21.4 Å². The lowest BCUT2D eigenvalue weighted by atomic mass is 10.1. The Morgan fingerprint density at radius 3 is 2.00 bits per heavy atom. The third-order valence-corrected chi connectivity index (χ3v) is 3.33. The van der Waals surface area contributed by atoms with Gasteiger partial charge in [-0.2, -0.15) is 16.8 Å². The highest BCUT2D eigenvalue weighted by Crippen LogP contribution is 2.40. The number of pyridine rings is 1. The van der Waals surface area contributed by atoms with Gasteiger partial charge in [-0.25, -0.2) is 4.98 Å². The molecule has 0 atom stereocenters. The fraction of sp³-hybridized carbons (Fsp3) is 0.500. The highest BCUT2D eigenvalue weighted by atomic mass is 32.2. The zero-order chi connectivity index (χ0) is 17.3. The zero-order valence-electron chi connectivity index (χ0n) is 12.2. The molecule has 0 aliphatic carbocycles. The van der Waals surface area contributed by atoms with E-state index in [1.807, 2.05) is 0 Å². The molecule has 10 nitrogen and oxygen atoms in total. The molecule has 0 saturated carbocycles. The molecule has 0 amide bonds. The third-order valence-electron chi connectivity index (χ3n) is 2.40. The van der Waals surface area contributed by atoms with E-state index >= 15 is 0 Å². The van der Waals surface area contributed by atoms with Crippen molar-refractivity contribution in [1.82, 2.24) is 4.98 Å². The van der Waals surface area contributed by atoms with Crippen LogP contribution >= 0.6 is 0 Å². The van der Waals surface area contributed by atoms with Gasteiger partial charge in [0.1, 0.15) is 0 Å². The molecule has 0 aliphatic heterocycles. The van der Waals surface area contributed by atoms with Crippen molar-refractivity contribution in [1.29, 1.82) is 0 Å². The first-order valence-electron chi connectivity index (χ1n) is 5.82. The van der Waals surface area contributed by atoms with Crippen LogP contribution in [0.1, 0.15) is 18.2 Å². The summed E-state index contributed by atoms with van der Waals surface area (Å²) in [5.74, 6) is -1.44. The van der Waals surface area contributed by atoms with E-state index in [4.69, 9.17) is 0 Å². The Balaban J connectivity index is 3.78. The smallest absolute Gasteiger partial charge is 0.375 e. The number of aromatic nitrogens is 1. The molecule has 0 aromatic carbocycles. The Morgan fingerprint density at radius 2 is 1.64 bits per heavy atom. The van der Waals surface area contributed by atoms with Crippen molar-refractivity contribution in [2.24, 2.45) is 0 Å². The maximum Gasteiger partial charge on any atom is 0.375 e. The van der Waals surface area contributed by atoms with Crippen LogP contribution in [0.15, 0.2) is 0 Å². The number of nitro groups is 1. The van der Waals surface area contributed by atoms with Crippen LogP contribution in [-0.2, 0) is 26.7 Å². The maximum absolute atomic E-state index is 11.3. The summed E-state index contributed by atoms with van der Waals surface area (Å²) >= 11 is 0. The van der Waals surface area contributed by atoms with Crippen LogP contribution in [0.25, 0.3) is 0 Å². The molecule has 12 heteroatoms. The van der Waals surface area contributed by atoms with Crippen LogP contribution in [0, 0.1) is 17.0 Å². The lowest BCUT2D eigenvalue weighted by Crippen LogP contribution is -2.14. The fourth-order valence-corrected chi connectivity index (χ4v) is 2.58. The lowest BCUT2D eigenvalue weighted by Gasteiger charge is -2.13. The number of hydrogen-bond acceptors (Lipinski definition) is 9. The SMILES string of the molecule is CCc1c(C)nc(OS(C)(=O)=O)c([N+](=O)[O-])c1OS(C)(=O)=O. The molecule has 1 heterocycles. The topological polar surface area (TPSA) is 143 Å². The highest BCUT2D eigenvalue weighted by Gasteiger charge is 2.33. The second kappa shape index (κ2) is 6.04. The van der Waals surface area contributed by atoms with Crippen LogP contribution < -0.4 is 8.37 Å². The van der Waals surface area contributed by atoms with E-state index in [0.717, 1.165) is 0 Å². The minimum atomic E-state index is -4.10. The molecule has 0 saturated heterocycles. The van der Waals surface area contributed by atoms with Crippen molar-refractivity contribution in [2.75, 3.05) is 12.5 Å². The monoisotopic (exact) mass is 354 g/mol. The predicted molar refractivity (Wildman–Crippen MR) is 76.0 cm³/mol. The van der Waals surface area contributed by atoms with Crippen LogP contribution in [0.5, 0.6) is 11.6 Å². The number of hydrogen-bond donors (Lipinski definition) is 0. The average Bonchev–Trinajstić information content (AvgIpc) is 2.23. The number of rotatable bonds is 6. The predicted octanol–water partition coefficient (Wildman–Crippen LogP) is 0.537. The Kier molecular flexibility index (Phi) is 4.97. The summed E-state index contributed by atoms with van der Waals surface area (Å²) < 4.78 is 54.2. The molecule has 1 rings (SSSR count). The summed E-state index contributed by atoms with van der Waals surface area (Å²) in [6.45, 7) is 3.03. The first kappa shape index (κ1) is 18.1. The van der Waals surface area contributed by atoms with E-state index in [1.54, 1.807) is 6.92 Å². The van der Waals surface area contributed by atoms with Crippen molar-refractivity contribution in [2.45, 2.75) is 20.3 Å². The Hall–Kier alpha value is -1.95. The summed E-state index contributed by atoms with van der Waals surface area (Å²) in [7, 11) is -8.18. The zero-order valence-corrected chi connectivity index (χ0v) is 13.8. The quantitative estimate of drug-likeness (QED) is 0.406. The summed E-state index contributed by atoms with van der Waals surface area (Å²) in [4.78, 5) is 13.9. The van der Waals surface area contributed by atoms with Crippen LogP contribution in [0.4, 0.5) is 5.69 Å². The van der Waals surface area contributed by atoms with Crippen molar-refractivity contribution >= 4 is 25.9 Å². The van der Waals surface area contributed by atoms with Gasteiger partial charge in [-0.15, -0.1) is 0 Å². The van der Waals surface area contributed by atoms with Crippen molar-refractivity contribution in [3.63, 3.8) is 0 Å². The standard InChI is InChI=1S/C10H14N2O8S2/c1-5-7-6(2)11-10(20-22(4,17)18)8(12(13)14)9(7)19-21(3,15)16/h5H2,1-4H3. The van der Waals surface area contributed by atoms with Gasteiger partial charge in [0.05, 0.1) is 17.4 Å². The molecule has 1 aromatic rings. The van der Waals surface area contributed by atoms with E-state index < -0.39 is 42.5 Å². The fourth-order valence-electron chi connectivity index (χ4n) is 1.70. The minimum Gasteiger partial charge on any atom is -0.375 e. The number of aryl methyl sites for hydroxylation is 1. The molecule has 0 radical (unpaired) electrons. The van der Waals surface area contributed by atoms with Crippen molar-refractivity contribution in [3.8, 4) is 11.6 Å². The molecule has 0 fully saturated rings. The van der Waals surface area contributed by atoms with E-state index in [0.29, 0.717) is 12.5 Å². The normalized spacial score (nSPS) is 12.0. The maximum atomic E-state index is 11.3. The molecular weight excluding hydrogens is 340 g/mol. The van der Waals surface area contributed by atoms with Gasteiger partial charge in [0, 0.05) is 11.3 Å². The Bertz CT molecular complexity index is 814. The Morgan fingerprint density at radius 1 is 1.14 bits per heavy atom. The average molecular weight is 354 g/mol. The minimum absolute atomic E-state index is 0.158. The van der Waals surface area contributed by atoms with Gasteiger partial charge in [0.15, 0.2) is 0 Å². The first-order chi connectivity index (χ1) is 9.85. The van der Waals surface area contributed by atoms with Gasteiger partial charge in [-0.3, -0.25) is 10.1 Å². The van der Waals surface area contributed by atoms with Crippen LogP contribution in [-0.4, -0.2) is 39.3 Å². The lowest BCUT2D eigenvalue weighted by molar-refractivity contribution is -0.386. The van der Waals surface area contributed by atoms with Gasteiger partial charge in [0.25, 0.3) is 0 Å². The van der Waals surface area contributed by atoms with Gasteiger partial charge < -0.3 is 8.37 Å². The van der Waals surface area contributed by atoms with Gasteiger partial charge in [0.2, 0.25) is 5.75 Å². The van der Waals surface area contributed by atoms with Gasteiger partial charge >= 0.3 is 31.8 Å². The molecule has 0 unspecified atom stereocenters. The molecule has 22 heavy (non-hydrogen) atoms. The highest BCUT2D eigenvalue weighted by molar-refractivity contribution is 7.86.